The minimum absolute atomic E-state index is 0.0340. The highest BCUT2D eigenvalue weighted by Crippen LogP contribution is 2.44. The third kappa shape index (κ3) is 3.58. The molecule has 5 nitrogen and oxygen atoms in total. The monoisotopic (exact) mass is 446 g/mol. The van der Waals surface area contributed by atoms with Crippen LogP contribution in [0.2, 0.25) is 5.02 Å². The van der Waals surface area contributed by atoms with E-state index < -0.39 is 24.5 Å². The lowest BCUT2D eigenvalue weighted by molar-refractivity contribution is -0.276. The quantitative estimate of drug-likeness (QED) is 0.477. The molecule has 1 atom stereocenters. The molecule has 1 aromatic carbocycles. The van der Waals surface area contributed by atoms with Crippen molar-refractivity contribution in [3.05, 3.63) is 46.7 Å². The van der Waals surface area contributed by atoms with Gasteiger partial charge < -0.3 is 14.2 Å². The number of imidazole rings is 1. The Morgan fingerprint density at radius 2 is 1.93 bits per heavy atom. The van der Waals surface area contributed by atoms with Gasteiger partial charge in [-0.1, -0.05) is 17.7 Å². The van der Waals surface area contributed by atoms with Gasteiger partial charge in [0.05, 0.1) is 21.9 Å². The Morgan fingerprint density at radius 3 is 2.60 bits per heavy atom. The molecule has 3 heterocycles. The molecule has 0 saturated carbocycles. The van der Waals surface area contributed by atoms with Crippen LogP contribution in [0.3, 0.4) is 0 Å². The number of alkyl halides is 5. The van der Waals surface area contributed by atoms with Gasteiger partial charge >= 0.3 is 12.8 Å². The molecule has 0 radical (unpaired) electrons. The molecule has 0 amide bonds. The predicted octanol–water partition coefficient (Wildman–Crippen LogP) is 5.78. The zero-order valence-electron chi connectivity index (χ0n) is 15.6. The van der Waals surface area contributed by atoms with Crippen LogP contribution in [0, 0.1) is 6.92 Å². The van der Waals surface area contributed by atoms with Crippen molar-refractivity contribution in [3.8, 4) is 0 Å². The molecule has 0 spiro atoms. The second-order valence-electron chi connectivity index (χ2n) is 6.83. The molecule has 0 N–H and O–H groups in total. The second kappa shape index (κ2) is 7.66. The molecule has 0 saturated heterocycles. The fourth-order valence-electron chi connectivity index (χ4n) is 3.76. The van der Waals surface area contributed by atoms with Crippen molar-refractivity contribution in [2.24, 2.45) is 0 Å². The smallest absolute Gasteiger partial charge is 0.310 e. The van der Waals surface area contributed by atoms with Crippen molar-refractivity contribution < 1.29 is 26.7 Å². The van der Waals surface area contributed by atoms with Crippen LogP contribution in [0.25, 0.3) is 11.0 Å². The lowest BCUT2D eigenvalue weighted by Crippen LogP contribution is -2.30. The van der Waals surface area contributed by atoms with Gasteiger partial charge in [0.2, 0.25) is 5.95 Å². The average molecular weight is 447 g/mol. The minimum atomic E-state index is -5.05. The van der Waals surface area contributed by atoms with E-state index in [4.69, 9.17) is 11.6 Å². The molecule has 3 aromatic rings. The number of aryl methyl sites for hydroxylation is 2. The Kier molecular flexibility index (Phi) is 5.31. The first-order chi connectivity index (χ1) is 14.2. The zero-order valence-corrected chi connectivity index (χ0v) is 16.4. The van der Waals surface area contributed by atoms with Crippen LogP contribution in [0.15, 0.2) is 30.5 Å². The van der Waals surface area contributed by atoms with Gasteiger partial charge in [-0.2, -0.15) is 22.0 Å². The van der Waals surface area contributed by atoms with Gasteiger partial charge in [-0.05, 0) is 31.5 Å². The number of aromatic nitrogens is 3. The summed E-state index contributed by atoms with van der Waals surface area (Å²) in [5.41, 5.74) is 1.16. The van der Waals surface area contributed by atoms with Crippen LogP contribution in [0.1, 0.15) is 23.8 Å². The Hall–Kier alpha value is -2.46. The van der Waals surface area contributed by atoms with E-state index in [0.29, 0.717) is 25.5 Å². The van der Waals surface area contributed by atoms with Crippen molar-refractivity contribution in [1.29, 1.82) is 0 Å². The number of rotatable bonds is 4. The number of anilines is 2. The Morgan fingerprint density at radius 1 is 1.17 bits per heavy atom. The highest BCUT2D eigenvalue weighted by atomic mass is 35.5. The van der Waals surface area contributed by atoms with E-state index in [1.807, 2.05) is 17.9 Å². The van der Waals surface area contributed by atoms with Crippen molar-refractivity contribution >= 4 is 34.3 Å². The topological polar surface area (TPSA) is 43.2 Å². The molecule has 11 heteroatoms. The van der Waals surface area contributed by atoms with E-state index in [9.17, 15) is 22.0 Å². The molecule has 0 fully saturated rings. The van der Waals surface area contributed by atoms with Crippen molar-refractivity contribution in [1.82, 2.24) is 14.5 Å². The normalized spacial score (nSPS) is 15.7. The number of fused-ring (bicyclic) bond motifs is 3. The van der Waals surface area contributed by atoms with Crippen LogP contribution in [0.5, 0.6) is 0 Å². The average Bonchev–Trinajstić information content (AvgIpc) is 3.07. The molecule has 0 aliphatic carbocycles. The summed E-state index contributed by atoms with van der Waals surface area (Å²) in [6.07, 6.45) is -5.62. The highest BCUT2D eigenvalue weighted by molar-refractivity contribution is 6.35. The molecule has 2 aromatic heterocycles. The third-order valence-electron chi connectivity index (χ3n) is 4.95. The molecular weight excluding hydrogens is 431 g/mol. The summed E-state index contributed by atoms with van der Waals surface area (Å²) in [7, 11) is 0. The summed E-state index contributed by atoms with van der Waals surface area (Å²) in [5, 5.41) is 0.122. The fraction of sp³-hybridized carbons (Fsp3) is 0.368. The van der Waals surface area contributed by atoms with E-state index in [-0.39, 0.29) is 16.1 Å². The van der Waals surface area contributed by atoms with Crippen LogP contribution >= 0.6 is 11.6 Å². The number of ether oxygens (including phenoxy) is 1. The standard InChI is InChI=1S/C19H16ClF5N4O/c1-10-13(4-2-7-26-10)28-8-3-9-29-15-11(16(19(23,24)25)30-17(21)22)5-6-12(20)14(15)27-18(28)29/h2,4-7,16-17H,3,8-9H2,1H3. The van der Waals surface area contributed by atoms with E-state index in [1.165, 1.54) is 6.07 Å². The Balaban J connectivity index is 1.95. The van der Waals surface area contributed by atoms with Gasteiger partial charge in [0.15, 0.2) is 6.10 Å². The number of pyridine rings is 1. The van der Waals surface area contributed by atoms with E-state index >= 15 is 0 Å². The summed E-state index contributed by atoms with van der Waals surface area (Å²) in [5.74, 6) is 0.375. The van der Waals surface area contributed by atoms with Crippen LogP contribution in [0.4, 0.5) is 33.6 Å². The molecule has 160 valence electrons. The molecule has 1 unspecified atom stereocenters. The largest absolute Gasteiger partial charge is 0.419 e. The molecule has 30 heavy (non-hydrogen) atoms. The van der Waals surface area contributed by atoms with Crippen LogP contribution in [-0.4, -0.2) is 33.9 Å². The summed E-state index contributed by atoms with van der Waals surface area (Å²) in [6.45, 7) is -0.862. The SMILES string of the molecule is Cc1ncccc1N1CCCn2c1nc1c(Cl)ccc(C(OC(F)F)C(F)(F)F)c12. The molecule has 1 aliphatic heterocycles. The minimum Gasteiger partial charge on any atom is -0.310 e. The van der Waals surface area contributed by atoms with Gasteiger partial charge in [0.25, 0.3) is 0 Å². The lowest BCUT2D eigenvalue weighted by atomic mass is 10.1. The summed E-state index contributed by atoms with van der Waals surface area (Å²) < 4.78 is 71.9. The number of hydrogen-bond donors (Lipinski definition) is 0. The zero-order chi connectivity index (χ0) is 21.6. The molecule has 0 bridgehead atoms. The number of nitrogens with zero attached hydrogens (tertiary/aromatic N) is 4. The van der Waals surface area contributed by atoms with Crippen molar-refractivity contribution in [2.75, 3.05) is 11.4 Å². The van der Waals surface area contributed by atoms with Crippen molar-refractivity contribution in [3.63, 3.8) is 0 Å². The summed E-state index contributed by atoms with van der Waals surface area (Å²) in [6, 6.07) is 5.86. The second-order valence-corrected chi connectivity index (χ2v) is 7.24. The van der Waals surface area contributed by atoms with Gasteiger partial charge in [0, 0.05) is 24.8 Å². The first-order valence-electron chi connectivity index (χ1n) is 9.06. The van der Waals surface area contributed by atoms with Crippen molar-refractivity contribution in [2.45, 2.75) is 38.8 Å². The number of benzene rings is 1. The molecular formula is C19H16ClF5N4O. The van der Waals surface area contributed by atoms with Gasteiger partial charge in [-0.15, -0.1) is 0 Å². The van der Waals surface area contributed by atoms with Gasteiger partial charge in [-0.25, -0.2) is 4.98 Å². The fourth-order valence-corrected chi connectivity index (χ4v) is 3.95. The maximum Gasteiger partial charge on any atom is 0.419 e. The third-order valence-corrected chi connectivity index (χ3v) is 5.25. The summed E-state index contributed by atoms with van der Waals surface area (Å²) >= 11 is 6.22. The van der Waals surface area contributed by atoms with Gasteiger partial charge in [0.1, 0.15) is 5.52 Å². The lowest BCUT2D eigenvalue weighted by Gasteiger charge is -2.30. The summed E-state index contributed by atoms with van der Waals surface area (Å²) in [4.78, 5) is 10.6. The highest BCUT2D eigenvalue weighted by Gasteiger charge is 2.45. The number of hydrogen-bond acceptors (Lipinski definition) is 4. The molecule has 4 rings (SSSR count). The van der Waals surface area contributed by atoms with Gasteiger partial charge in [-0.3, -0.25) is 4.98 Å². The number of halogens is 6. The molecule has 1 aliphatic rings. The van der Waals surface area contributed by atoms with E-state index in [0.717, 1.165) is 17.4 Å². The predicted molar refractivity (Wildman–Crippen MR) is 101 cm³/mol. The Bertz CT molecular complexity index is 1080. The maximum absolute atomic E-state index is 13.6. The first kappa shape index (κ1) is 20.8. The first-order valence-corrected chi connectivity index (χ1v) is 9.44. The van der Waals surface area contributed by atoms with Crippen LogP contribution < -0.4 is 4.90 Å². The Labute approximate surface area is 173 Å². The van der Waals surface area contributed by atoms with E-state index in [2.05, 4.69) is 14.7 Å². The van der Waals surface area contributed by atoms with Crippen LogP contribution in [-0.2, 0) is 11.3 Å². The van der Waals surface area contributed by atoms with E-state index in [1.54, 1.807) is 16.8 Å². The maximum atomic E-state index is 13.6.